The van der Waals surface area contributed by atoms with Crippen molar-refractivity contribution in [3.8, 4) is 0 Å². The Morgan fingerprint density at radius 2 is 2.14 bits per heavy atom. The molecule has 5 heteroatoms. The van der Waals surface area contributed by atoms with Crippen LogP contribution in [0.15, 0.2) is 29.3 Å². The summed E-state index contributed by atoms with van der Waals surface area (Å²) in [5.41, 5.74) is -0.503. The molecule has 0 fully saturated rings. The van der Waals surface area contributed by atoms with Gasteiger partial charge in [0.15, 0.2) is 0 Å². The van der Waals surface area contributed by atoms with Gasteiger partial charge in [-0.15, -0.1) is 0 Å². The van der Waals surface area contributed by atoms with Crippen molar-refractivity contribution in [1.82, 2.24) is 0 Å². The fourth-order valence-corrected chi connectivity index (χ4v) is 0.939. The van der Waals surface area contributed by atoms with E-state index in [0.29, 0.717) is 6.07 Å². The highest BCUT2D eigenvalue weighted by atomic mass is 19.3. The van der Waals surface area contributed by atoms with Crippen LogP contribution >= 0.6 is 0 Å². The van der Waals surface area contributed by atoms with Crippen LogP contribution in [0.25, 0.3) is 0 Å². The molecule has 0 spiro atoms. The first-order valence-corrected chi connectivity index (χ1v) is 3.74. The fourth-order valence-electron chi connectivity index (χ4n) is 0.939. The number of rotatable bonds is 3. The topological polar surface area (TPSA) is 29.4 Å². The molecule has 2 nitrogen and oxygen atoms in total. The van der Waals surface area contributed by atoms with Crippen LogP contribution < -0.4 is 0 Å². The monoisotopic (exact) mass is 201 g/mol. The van der Waals surface area contributed by atoms with Crippen LogP contribution in [0.1, 0.15) is 5.56 Å². The predicted molar refractivity (Wildman–Crippen MR) is 43.3 cm³/mol. The summed E-state index contributed by atoms with van der Waals surface area (Å²) in [6, 6.07) is 4.01. The van der Waals surface area contributed by atoms with Crippen molar-refractivity contribution in [1.29, 1.82) is 0 Å². The lowest BCUT2D eigenvalue weighted by atomic mass is 10.1. The van der Waals surface area contributed by atoms with E-state index in [1.807, 2.05) is 0 Å². The summed E-state index contributed by atoms with van der Waals surface area (Å²) in [5, 5.41) is 0. The first-order valence-electron chi connectivity index (χ1n) is 3.74. The van der Waals surface area contributed by atoms with Crippen molar-refractivity contribution in [2.75, 3.05) is 6.54 Å². The number of hydrogen-bond donors (Lipinski definition) is 0. The van der Waals surface area contributed by atoms with Gasteiger partial charge in [-0.3, -0.25) is 0 Å². The number of nitrogens with zero attached hydrogens (tertiary/aromatic N) is 1. The maximum Gasteiger partial charge on any atom is 0.293 e. The number of hydrogen-bond acceptors (Lipinski definition) is 2. The molecule has 0 atom stereocenters. The highest BCUT2D eigenvalue weighted by Crippen LogP contribution is 2.28. The molecule has 1 aromatic rings. The lowest BCUT2D eigenvalue weighted by Crippen LogP contribution is -2.17. The predicted octanol–water partition coefficient (Wildman–Crippen LogP) is 2.25. The molecule has 0 aliphatic rings. The molecule has 1 aromatic carbocycles. The van der Waals surface area contributed by atoms with Gasteiger partial charge in [-0.1, -0.05) is 12.1 Å². The van der Waals surface area contributed by atoms with Crippen LogP contribution in [0.4, 0.5) is 13.2 Å². The van der Waals surface area contributed by atoms with Crippen molar-refractivity contribution < 1.29 is 18.0 Å². The quantitative estimate of drug-likeness (QED) is 0.544. The average molecular weight is 201 g/mol. The first-order chi connectivity index (χ1) is 6.56. The number of alkyl halides is 2. The highest BCUT2D eigenvalue weighted by molar-refractivity contribution is 5.33. The molecular formula is C9H6F3NO. The Morgan fingerprint density at radius 1 is 1.43 bits per heavy atom. The summed E-state index contributed by atoms with van der Waals surface area (Å²) in [6.45, 7) is -1.01. The van der Waals surface area contributed by atoms with E-state index in [2.05, 4.69) is 4.99 Å². The SMILES string of the molecule is O=C=NCC(F)(F)c1cccc(F)c1. The van der Waals surface area contributed by atoms with Gasteiger partial charge < -0.3 is 0 Å². The zero-order valence-electron chi connectivity index (χ0n) is 7.01. The van der Waals surface area contributed by atoms with E-state index in [1.165, 1.54) is 6.07 Å². The molecule has 74 valence electrons. The third-order valence-corrected chi connectivity index (χ3v) is 1.59. The van der Waals surface area contributed by atoms with E-state index in [1.54, 1.807) is 0 Å². The summed E-state index contributed by atoms with van der Waals surface area (Å²) < 4.78 is 38.7. The lowest BCUT2D eigenvalue weighted by Gasteiger charge is -2.12. The Kier molecular flexibility index (Phi) is 3.04. The molecule has 0 amide bonds. The van der Waals surface area contributed by atoms with E-state index in [-0.39, 0.29) is 0 Å². The molecule has 0 saturated heterocycles. The molecule has 0 aromatic heterocycles. The third kappa shape index (κ3) is 2.44. The zero-order valence-corrected chi connectivity index (χ0v) is 7.01. The van der Waals surface area contributed by atoms with Crippen LogP contribution in [0.3, 0.4) is 0 Å². The van der Waals surface area contributed by atoms with Crippen molar-refractivity contribution >= 4 is 6.08 Å². The molecule has 0 unspecified atom stereocenters. The Bertz CT molecular complexity index is 372. The van der Waals surface area contributed by atoms with Crippen LogP contribution in [0.5, 0.6) is 0 Å². The van der Waals surface area contributed by atoms with Gasteiger partial charge in [0.05, 0.1) is 0 Å². The smallest absolute Gasteiger partial charge is 0.211 e. The molecule has 14 heavy (non-hydrogen) atoms. The van der Waals surface area contributed by atoms with Gasteiger partial charge in [0.1, 0.15) is 12.4 Å². The second-order valence-electron chi connectivity index (χ2n) is 2.62. The van der Waals surface area contributed by atoms with E-state index < -0.39 is 23.8 Å². The Balaban J connectivity index is 2.96. The summed E-state index contributed by atoms with van der Waals surface area (Å²) in [4.78, 5) is 12.4. The van der Waals surface area contributed by atoms with Gasteiger partial charge in [-0.25, -0.2) is 9.18 Å². The number of carbonyl (C=O) groups excluding carboxylic acids is 1. The molecule has 0 N–H and O–H groups in total. The molecule has 1 rings (SSSR count). The standard InChI is InChI=1S/C9H6F3NO/c10-8-3-1-2-7(4-8)9(11,12)5-13-6-14/h1-4H,5H2. The van der Waals surface area contributed by atoms with E-state index in [4.69, 9.17) is 0 Å². The second-order valence-corrected chi connectivity index (χ2v) is 2.62. The number of benzene rings is 1. The van der Waals surface area contributed by atoms with Crippen molar-refractivity contribution in [2.24, 2.45) is 4.99 Å². The molecule has 0 radical (unpaired) electrons. The number of halogens is 3. The van der Waals surface area contributed by atoms with E-state index >= 15 is 0 Å². The number of aliphatic imine (C=N–C) groups is 1. The minimum Gasteiger partial charge on any atom is -0.211 e. The zero-order chi connectivity index (χ0) is 10.6. The highest BCUT2D eigenvalue weighted by Gasteiger charge is 2.31. The number of isocyanates is 1. The van der Waals surface area contributed by atoms with Crippen LogP contribution in [-0.4, -0.2) is 12.6 Å². The Labute approximate surface area is 78.1 Å². The molecule has 0 heterocycles. The van der Waals surface area contributed by atoms with Gasteiger partial charge in [0, 0.05) is 5.56 Å². The largest absolute Gasteiger partial charge is 0.293 e. The van der Waals surface area contributed by atoms with E-state index in [0.717, 1.165) is 18.2 Å². The molecular weight excluding hydrogens is 195 g/mol. The van der Waals surface area contributed by atoms with E-state index in [9.17, 15) is 18.0 Å². The normalized spacial score (nSPS) is 10.8. The lowest BCUT2D eigenvalue weighted by molar-refractivity contribution is 0.00624. The Hall–Kier alpha value is -1.61. The fraction of sp³-hybridized carbons (Fsp3) is 0.222. The third-order valence-electron chi connectivity index (χ3n) is 1.59. The molecule has 0 saturated carbocycles. The van der Waals surface area contributed by atoms with Crippen molar-refractivity contribution in [3.05, 3.63) is 35.6 Å². The van der Waals surface area contributed by atoms with Crippen molar-refractivity contribution in [2.45, 2.75) is 5.92 Å². The van der Waals surface area contributed by atoms with Gasteiger partial charge in [0.25, 0.3) is 5.92 Å². The molecule has 0 aliphatic heterocycles. The van der Waals surface area contributed by atoms with Crippen LogP contribution in [-0.2, 0) is 10.7 Å². The summed E-state index contributed by atoms with van der Waals surface area (Å²) in [6.07, 6.45) is 1.01. The molecule has 0 bridgehead atoms. The first kappa shape index (κ1) is 10.5. The second kappa shape index (κ2) is 4.07. The van der Waals surface area contributed by atoms with Gasteiger partial charge in [-0.2, -0.15) is 13.8 Å². The summed E-state index contributed by atoms with van der Waals surface area (Å²) >= 11 is 0. The maximum absolute atomic E-state index is 13.1. The minimum atomic E-state index is -3.33. The Morgan fingerprint density at radius 3 is 2.71 bits per heavy atom. The summed E-state index contributed by atoms with van der Waals surface area (Å²) in [5.74, 6) is -4.09. The maximum atomic E-state index is 13.1. The van der Waals surface area contributed by atoms with Crippen LogP contribution in [0, 0.1) is 5.82 Å². The van der Waals surface area contributed by atoms with Crippen molar-refractivity contribution in [3.63, 3.8) is 0 Å². The average Bonchev–Trinajstić information content (AvgIpc) is 2.15. The van der Waals surface area contributed by atoms with Crippen LogP contribution in [0.2, 0.25) is 0 Å². The minimum absolute atomic E-state index is 0.503. The summed E-state index contributed by atoms with van der Waals surface area (Å²) in [7, 11) is 0. The van der Waals surface area contributed by atoms with Gasteiger partial charge >= 0.3 is 0 Å². The van der Waals surface area contributed by atoms with Gasteiger partial charge in [-0.05, 0) is 12.1 Å². The van der Waals surface area contributed by atoms with Gasteiger partial charge in [0.2, 0.25) is 6.08 Å². The molecule has 0 aliphatic carbocycles.